The number of anilines is 1. The van der Waals surface area contributed by atoms with Crippen LogP contribution in [0.4, 0.5) is 10.1 Å². The Morgan fingerprint density at radius 2 is 2.13 bits per heavy atom. The van der Waals surface area contributed by atoms with E-state index in [1.807, 2.05) is 17.0 Å². The van der Waals surface area contributed by atoms with E-state index in [2.05, 4.69) is 16.4 Å². The highest BCUT2D eigenvalue weighted by Gasteiger charge is 2.19. The van der Waals surface area contributed by atoms with Crippen LogP contribution in [0.2, 0.25) is 0 Å². The molecule has 3 rings (SSSR count). The zero-order chi connectivity index (χ0) is 22.4. The van der Waals surface area contributed by atoms with E-state index in [4.69, 9.17) is 4.55 Å². The van der Waals surface area contributed by atoms with Crippen LogP contribution in [-0.4, -0.2) is 23.9 Å². The third-order valence-electron chi connectivity index (χ3n) is 4.37. The number of amides is 1. The summed E-state index contributed by atoms with van der Waals surface area (Å²) < 4.78 is 46.1. The van der Waals surface area contributed by atoms with Gasteiger partial charge in [0, 0.05) is 5.38 Å². The number of nitrogens with zero attached hydrogens (tertiary/aromatic N) is 1. The van der Waals surface area contributed by atoms with Gasteiger partial charge in [-0.2, -0.15) is 8.42 Å². The number of carbonyl (C=O) groups is 1. The number of nitrogens with one attached hydrogen (secondary N) is 2. The number of aryl methyl sites for hydroxylation is 1. The van der Waals surface area contributed by atoms with E-state index in [-0.39, 0.29) is 18.0 Å². The lowest BCUT2D eigenvalue weighted by Crippen LogP contribution is -2.31. The van der Waals surface area contributed by atoms with Crippen LogP contribution in [0.5, 0.6) is 0 Å². The average Bonchev–Trinajstić information content (AvgIpc) is 3.17. The zero-order valence-electron chi connectivity index (χ0n) is 16.6. The normalized spacial score (nSPS) is 12.4. The number of hydrogen-bond acceptors (Lipinski definition) is 5. The molecular weight excluding hydrogens is 441 g/mol. The first-order chi connectivity index (χ1) is 14.7. The Balaban J connectivity index is 1.75. The van der Waals surface area contributed by atoms with Gasteiger partial charge in [-0.05, 0) is 54.3 Å². The van der Waals surface area contributed by atoms with Crippen molar-refractivity contribution in [2.45, 2.75) is 32.2 Å². The van der Waals surface area contributed by atoms with Crippen molar-refractivity contribution >= 4 is 33.2 Å². The summed E-state index contributed by atoms with van der Waals surface area (Å²) in [5.74, 6) is -0.670. The fourth-order valence-electron chi connectivity index (χ4n) is 2.94. The van der Waals surface area contributed by atoms with Crippen molar-refractivity contribution in [2.24, 2.45) is 0 Å². The molecule has 0 fully saturated rings. The van der Waals surface area contributed by atoms with Gasteiger partial charge in [0.1, 0.15) is 10.8 Å². The van der Waals surface area contributed by atoms with Gasteiger partial charge in [0.25, 0.3) is 0 Å². The molecule has 1 atom stereocenters. The molecule has 1 heterocycles. The van der Waals surface area contributed by atoms with Crippen LogP contribution in [0.1, 0.15) is 34.8 Å². The first kappa shape index (κ1) is 22.9. The highest BCUT2D eigenvalue weighted by molar-refractivity contribution is 7.87. The molecular formula is C21H21FN3O4S2. The Morgan fingerprint density at radius 3 is 2.74 bits per heavy atom. The number of rotatable bonds is 9. The van der Waals surface area contributed by atoms with E-state index >= 15 is 0 Å². The molecule has 1 radical (unpaired) electrons. The number of benzene rings is 2. The second-order valence-corrected chi connectivity index (χ2v) is 8.89. The average molecular weight is 463 g/mol. The molecule has 1 aromatic heterocycles. The summed E-state index contributed by atoms with van der Waals surface area (Å²) in [5, 5.41) is 5.62. The summed E-state index contributed by atoms with van der Waals surface area (Å²) in [6, 6.07) is 12.9. The number of hydrogen-bond donors (Lipinski definition) is 3. The molecule has 0 aliphatic heterocycles. The fourth-order valence-corrected chi connectivity index (χ4v) is 4.32. The van der Waals surface area contributed by atoms with Gasteiger partial charge >= 0.3 is 10.3 Å². The smallest absolute Gasteiger partial charge is 0.346 e. The number of thiazole rings is 1. The Bertz CT molecular complexity index is 1150. The quantitative estimate of drug-likeness (QED) is 0.422. The van der Waals surface area contributed by atoms with Crippen molar-refractivity contribution in [3.05, 3.63) is 81.6 Å². The predicted octanol–water partition coefficient (Wildman–Crippen LogP) is 3.50. The van der Waals surface area contributed by atoms with Crippen LogP contribution >= 0.6 is 11.3 Å². The Labute approximate surface area is 184 Å². The summed E-state index contributed by atoms with van der Waals surface area (Å²) in [7, 11) is -4.37. The molecule has 7 nitrogen and oxygen atoms in total. The molecule has 1 amide bonds. The highest BCUT2D eigenvalue weighted by Crippen LogP contribution is 2.24. The van der Waals surface area contributed by atoms with Crippen molar-refractivity contribution in [2.75, 3.05) is 4.72 Å². The maximum Gasteiger partial charge on any atom is 0.357 e. The van der Waals surface area contributed by atoms with Gasteiger partial charge in [-0.1, -0.05) is 25.1 Å². The lowest BCUT2D eigenvalue weighted by Gasteiger charge is -2.17. The molecule has 3 N–H and O–H groups in total. The van der Waals surface area contributed by atoms with Gasteiger partial charge in [-0.25, -0.2) is 9.37 Å². The molecule has 0 aliphatic rings. The minimum atomic E-state index is -4.37. The van der Waals surface area contributed by atoms with Crippen LogP contribution in [0.3, 0.4) is 0 Å². The molecule has 0 saturated carbocycles. The van der Waals surface area contributed by atoms with E-state index in [9.17, 15) is 17.6 Å². The monoisotopic (exact) mass is 462 g/mol. The number of carbonyl (C=O) groups excluding carboxylic acids is 1. The molecule has 2 aromatic carbocycles. The van der Waals surface area contributed by atoms with Gasteiger partial charge in [-0.3, -0.25) is 14.1 Å². The van der Waals surface area contributed by atoms with Crippen LogP contribution < -0.4 is 10.0 Å². The van der Waals surface area contributed by atoms with Crippen molar-refractivity contribution in [1.82, 2.24) is 10.3 Å². The van der Waals surface area contributed by atoms with Crippen molar-refractivity contribution in [3.63, 3.8) is 0 Å². The summed E-state index contributed by atoms with van der Waals surface area (Å²) in [5.41, 5.74) is 2.36. The number of halogens is 1. The van der Waals surface area contributed by atoms with E-state index in [0.29, 0.717) is 17.5 Å². The van der Waals surface area contributed by atoms with Crippen LogP contribution in [0, 0.1) is 11.9 Å². The van der Waals surface area contributed by atoms with Gasteiger partial charge in [-0.15, -0.1) is 11.3 Å². The lowest BCUT2D eigenvalue weighted by atomic mass is 10.0. The maximum absolute atomic E-state index is 13.4. The summed E-state index contributed by atoms with van der Waals surface area (Å²) >= 11 is 1.44. The molecule has 0 bridgehead atoms. The first-order valence-electron chi connectivity index (χ1n) is 9.46. The molecule has 3 aromatic rings. The van der Waals surface area contributed by atoms with Gasteiger partial charge in [0.2, 0.25) is 5.91 Å². The largest absolute Gasteiger partial charge is 0.357 e. The van der Waals surface area contributed by atoms with Crippen LogP contribution in [-0.2, 0) is 34.4 Å². The minimum Gasteiger partial charge on any atom is -0.346 e. The van der Waals surface area contributed by atoms with Crippen molar-refractivity contribution in [1.29, 1.82) is 0 Å². The molecule has 0 saturated heterocycles. The zero-order valence-corrected chi connectivity index (χ0v) is 18.3. The second-order valence-electron chi connectivity index (χ2n) is 6.84. The minimum absolute atomic E-state index is 0.0290. The van der Waals surface area contributed by atoms with Gasteiger partial charge in [0.05, 0.1) is 23.8 Å². The van der Waals surface area contributed by atoms with Crippen LogP contribution in [0.25, 0.3) is 0 Å². The van der Waals surface area contributed by atoms with Crippen molar-refractivity contribution < 1.29 is 22.2 Å². The Hall–Kier alpha value is -2.82. The molecule has 0 spiro atoms. The maximum atomic E-state index is 13.4. The molecule has 163 valence electrons. The Kier molecular flexibility index (Phi) is 7.37. The molecule has 10 heteroatoms. The number of aromatic nitrogens is 1. The van der Waals surface area contributed by atoms with Crippen molar-refractivity contribution in [3.8, 4) is 0 Å². The standard InChI is InChI=1S/C21H21FN3O4S2/c1-2-17-13-30-21(23-17)19(24-20(26)12-15-4-3-5-16(22)10-15)11-14-6-8-18(9-7-14)25-31(27,28)29/h3-6,8-10,13,19,25H,2,11-12H2,1H3,(H,24,26)(H,27,28,29). The van der Waals surface area contributed by atoms with E-state index in [1.165, 1.54) is 35.6 Å². The van der Waals surface area contributed by atoms with E-state index in [0.717, 1.165) is 17.1 Å². The van der Waals surface area contributed by atoms with Gasteiger partial charge < -0.3 is 5.32 Å². The topological polar surface area (TPSA) is 108 Å². The van der Waals surface area contributed by atoms with Gasteiger partial charge in [0.15, 0.2) is 0 Å². The third kappa shape index (κ3) is 7.12. The lowest BCUT2D eigenvalue weighted by molar-refractivity contribution is -0.121. The third-order valence-corrected chi connectivity index (χ3v) is 5.87. The Morgan fingerprint density at radius 1 is 1.32 bits per heavy atom. The van der Waals surface area contributed by atoms with Crippen LogP contribution in [0.15, 0.2) is 47.8 Å². The summed E-state index contributed by atoms with van der Waals surface area (Å²) in [6.07, 6.45) is 1.17. The predicted molar refractivity (Wildman–Crippen MR) is 117 cm³/mol. The molecule has 1 unspecified atom stereocenters. The first-order valence-corrected chi connectivity index (χ1v) is 11.8. The second kappa shape index (κ2) is 9.99. The summed E-state index contributed by atoms with van der Waals surface area (Å²) in [6.45, 7) is 1.99. The highest BCUT2D eigenvalue weighted by atomic mass is 32.2. The van der Waals surface area contributed by atoms with E-state index < -0.39 is 22.2 Å². The molecule has 31 heavy (non-hydrogen) atoms. The molecule has 0 aliphatic carbocycles. The summed E-state index contributed by atoms with van der Waals surface area (Å²) in [4.78, 5) is 17.2. The fraction of sp³-hybridized carbons (Fsp3) is 0.238. The SMILES string of the molecule is CCc1csc(C(Cc2[c]cc(NS(=O)(=O)O)cc2)NC(=O)Cc2cccc(F)c2)n1. The van der Waals surface area contributed by atoms with E-state index in [1.54, 1.807) is 18.2 Å².